The lowest BCUT2D eigenvalue weighted by Gasteiger charge is -2.03. The molecule has 2 aromatic carbocycles. The van der Waals surface area contributed by atoms with Crippen LogP contribution in [0.4, 0.5) is 5.69 Å². The zero-order valence-electron chi connectivity index (χ0n) is 11.5. The number of non-ortho nitro benzene ring substituents is 1. The Bertz CT molecular complexity index is 1050. The molecule has 0 aliphatic carbocycles. The number of hydrogen-bond acceptors (Lipinski definition) is 5. The first kappa shape index (κ1) is 14.4. The molecule has 0 saturated carbocycles. The summed E-state index contributed by atoms with van der Waals surface area (Å²) in [6.45, 7) is 0. The van der Waals surface area contributed by atoms with Crippen molar-refractivity contribution in [2.24, 2.45) is 0 Å². The number of hydrogen-bond donors (Lipinski definition) is 2. The van der Waals surface area contributed by atoms with Crippen LogP contribution in [0.5, 0.6) is 0 Å². The summed E-state index contributed by atoms with van der Waals surface area (Å²) in [5, 5.41) is 10.8. The molecule has 23 heavy (non-hydrogen) atoms. The molecule has 0 atom stereocenters. The molecule has 0 aliphatic rings. The van der Waals surface area contributed by atoms with Crippen molar-refractivity contribution in [1.29, 1.82) is 0 Å². The Kier molecular flexibility index (Phi) is 3.34. The fraction of sp³-hybridized carbons (Fsp3) is 0. The molecule has 0 bridgehead atoms. The number of aromatic nitrogens is 2. The van der Waals surface area contributed by atoms with Gasteiger partial charge in [-0.1, -0.05) is 0 Å². The Balaban J connectivity index is 2.05. The number of nitrogens with one attached hydrogen (secondary N) is 2. The number of fused-ring (bicyclic) bond motifs is 1. The van der Waals surface area contributed by atoms with Crippen molar-refractivity contribution in [2.75, 3.05) is 0 Å². The molecular weight excluding hydrogens is 302 g/mol. The first-order valence-electron chi connectivity index (χ1n) is 6.51. The topological polar surface area (TPSA) is 126 Å². The number of nitro benzene ring substituents is 1. The van der Waals surface area contributed by atoms with Gasteiger partial charge in [-0.25, -0.2) is 4.79 Å². The largest absolute Gasteiger partial charge is 0.326 e. The Morgan fingerprint density at radius 1 is 0.957 bits per heavy atom. The molecule has 3 rings (SSSR count). The van der Waals surface area contributed by atoms with Gasteiger partial charge in [-0.2, -0.15) is 0 Å². The molecule has 0 amide bonds. The minimum absolute atomic E-state index is 0.117. The van der Waals surface area contributed by atoms with Crippen LogP contribution in [0.25, 0.3) is 10.9 Å². The minimum atomic E-state index is -0.628. The van der Waals surface area contributed by atoms with Crippen LogP contribution in [0.15, 0.2) is 52.1 Å². The van der Waals surface area contributed by atoms with E-state index in [1.807, 2.05) is 0 Å². The fourth-order valence-corrected chi connectivity index (χ4v) is 2.21. The van der Waals surface area contributed by atoms with Crippen molar-refractivity contribution in [3.63, 3.8) is 0 Å². The van der Waals surface area contributed by atoms with E-state index in [-0.39, 0.29) is 28.0 Å². The number of benzene rings is 2. The predicted molar refractivity (Wildman–Crippen MR) is 81.7 cm³/mol. The highest BCUT2D eigenvalue weighted by atomic mass is 16.6. The maximum Gasteiger partial charge on any atom is 0.326 e. The van der Waals surface area contributed by atoms with Crippen LogP contribution in [0, 0.1) is 10.1 Å². The van der Waals surface area contributed by atoms with E-state index in [0.29, 0.717) is 5.52 Å². The van der Waals surface area contributed by atoms with E-state index in [9.17, 15) is 24.5 Å². The van der Waals surface area contributed by atoms with Crippen LogP contribution < -0.4 is 11.2 Å². The van der Waals surface area contributed by atoms with E-state index in [4.69, 9.17) is 0 Å². The van der Waals surface area contributed by atoms with Gasteiger partial charge in [-0.05, 0) is 30.3 Å². The lowest BCUT2D eigenvalue weighted by atomic mass is 10.0. The molecule has 0 saturated heterocycles. The van der Waals surface area contributed by atoms with E-state index in [1.165, 1.54) is 42.5 Å². The fourth-order valence-electron chi connectivity index (χ4n) is 2.21. The van der Waals surface area contributed by atoms with Gasteiger partial charge in [0.25, 0.3) is 11.2 Å². The molecule has 0 unspecified atom stereocenters. The van der Waals surface area contributed by atoms with Gasteiger partial charge in [0.15, 0.2) is 5.78 Å². The quantitative estimate of drug-likeness (QED) is 0.429. The molecule has 0 aliphatic heterocycles. The van der Waals surface area contributed by atoms with Gasteiger partial charge in [0.05, 0.1) is 15.8 Å². The maximum atomic E-state index is 12.4. The summed E-state index contributed by atoms with van der Waals surface area (Å²) >= 11 is 0. The third-order valence-corrected chi connectivity index (χ3v) is 3.34. The highest BCUT2D eigenvalue weighted by molar-refractivity contribution is 6.10. The molecule has 0 radical (unpaired) electrons. The van der Waals surface area contributed by atoms with Gasteiger partial charge in [-0.3, -0.25) is 24.7 Å². The van der Waals surface area contributed by atoms with Crippen LogP contribution in [0.3, 0.4) is 0 Å². The monoisotopic (exact) mass is 311 g/mol. The molecule has 8 nitrogen and oxygen atoms in total. The highest BCUT2D eigenvalue weighted by Crippen LogP contribution is 2.17. The maximum absolute atomic E-state index is 12.4. The second-order valence-electron chi connectivity index (χ2n) is 4.80. The zero-order chi connectivity index (χ0) is 16.6. The Labute approximate surface area is 127 Å². The van der Waals surface area contributed by atoms with Crippen LogP contribution >= 0.6 is 0 Å². The average Bonchev–Trinajstić information content (AvgIpc) is 2.54. The molecule has 8 heteroatoms. The molecule has 3 aromatic rings. The summed E-state index contributed by atoms with van der Waals surface area (Å²) in [4.78, 5) is 50.0. The van der Waals surface area contributed by atoms with Gasteiger partial charge in [0, 0.05) is 23.3 Å². The number of aromatic amines is 2. The molecule has 0 spiro atoms. The normalized spacial score (nSPS) is 10.6. The number of carbonyl (C=O) groups excluding carboxylic acids is 1. The van der Waals surface area contributed by atoms with Crippen LogP contribution in [-0.4, -0.2) is 20.7 Å². The van der Waals surface area contributed by atoms with Crippen molar-refractivity contribution in [3.8, 4) is 0 Å². The van der Waals surface area contributed by atoms with Crippen LogP contribution in [-0.2, 0) is 0 Å². The van der Waals surface area contributed by atoms with E-state index < -0.39 is 16.2 Å². The lowest BCUT2D eigenvalue weighted by Crippen LogP contribution is -2.22. The van der Waals surface area contributed by atoms with E-state index in [0.717, 1.165) is 0 Å². The smallest absolute Gasteiger partial charge is 0.307 e. The summed E-state index contributed by atoms with van der Waals surface area (Å²) in [6.07, 6.45) is 0. The number of nitrogens with zero attached hydrogens (tertiary/aromatic N) is 1. The zero-order valence-corrected chi connectivity index (χ0v) is 11.5. The number of nitro groups is 1. The molecule has 114 valence electrons. The Hall–Kier alpha value is -3.55. The number of ketones is 1. The molecule has 0 fully saturated rings. The number of H-pyrrole nitrogens is 2. The minimum Gasteiger partial charge on any atom is -0.307 e. The lowest BCUT2D eigenvalue weighted by molar-refractivity contribution is -0.384. The van der Waals surface area contributed by atoms with Crippen molar-refractivity contribution in [2.45, 2.75) is 0 Å². The highest BCUT2D eigenvalue weighted by Gasteiger charge is 2.13. The Morgan fingerprint density at radius 2 is 1.61 bits per heavy atom. The predicted octanol–water partition coefficient (Wildman–Crippen LogP) is 1.36. The molecule has 1 heterocycles. The van der Waals surface area contributed by atoms with Crippen molar-refractivity contribution < 1.29 is 9.72 Å². The average molecular weight is 311 g/mol. The molecular formula is C15H9N3O5. The third-order valence-electron chi connectivity index (χ3n) is 3.34. The van der Waals surface area contributed by atoms with Crippen LogP contribution in [0.1, 0.15) is 15.9 Å². The first-order chi connectivity index (χ1) is 11.0. The van der Waals surface area contributed by atoms with Gasteiger partial charge in [0.1, 0.15) is 0 Å². The van der Waals surface area contributed by atoms with E-state index in [1.54, 1.807) is 0 Å². The molecule has 1 aromatic heterocycles. The summed E-state index contributed by atoms with van der Waals surface area (Å²) in [6, 6.07) is 9.47. The van der Waals surface area contributed by atoms with Gasteiger partial charge in [-0.15, -0.1) is 0 Å². The van der Waals surface area contributed by atoms with Crippen molar-refractivity contribution in [1.82, 2.24) is 9.97 Å². The summed E-state index contributed by atoms with van der Waals surface area (Å²) < 4.78 is 0. The third kappa shape index (κ3) is 2.64. The van der Waals surface area contributed by atoms with E-state index in [2.05, 4.69) is 9.97 Å². The standard InChI is InChI=1S/C15H9N3O5/c19-13(8-1-4-10(5-2-8)18(22)23)9-3-6-12-11(7-9)14(20)17-15(21)16-12/h1-7H,(H2,16,17,20,21). The summed E-state index contributed by atoms with van der Waals surface area (Å²) in [7, 11) is 0. The number of carbonyl (C=O) groups is 1. The van der Waals surface area contributed by atoms with Crippen molar-refractivity contribution in [3.05, 3.63) is 84.5 Å². The van der Waals surface area contributed by atoms with Gasteiger partial charge in [0.2, 0.25) is 0 Å². The molecule has 2 N–H and O–H groups in total. The second kappa shape index (κ2) is 5.34. The van der Waals surface area contributed by atoms with Gasteiger partial charge >= 0.3 is 5.69 Å². The second-order valence-corrected chi connectivity index (χ2v) is 4.80. The van der Waals surface area contributed by atoms with Gasteiger partial charge < -0.3 is 4.98 Å². The Morgan fingerprint density at radius 3 is 2.26 bits per heavy atom. The first-order valence-corrected chi connectivity index (χ1v) is 6.51. The SMILES string of the molecule is O=C(c1ccc([N+](=O)[O-])cc1)c1ccc2[nH]c(=O)[nH]c(=O)c2c1. The summed E-state index contributed by atoms with van der Waals surface area (Å²) in [5.41, 5.74) is -0.521. The van der Waals surface area contributed by atoms with E-state index >= 15 is 0 Å². The number of rotatable bonds is 3. The van der Waals surface area contributed by atoms with Crippen LogP contribution in [0.2, 0.25) is 0 Å². The summed E-state index contributed by atoms with van der Waals surface area (Å²) in [5.74, 6) is -0.382. The van der Waals surface area contributed by atoms with Crippen molar-refractivity contribution >= 4 is 22.4 Å².